The van der Waals surface area contributed by atoms with E-state index in [4.69, 9.17) is 11.6 Å². The van der Waals surface area contributed by atoms with E-state index in [9.17, 15) is 8.42 Å². The molecule has 0 saturated heterocycles. The second-order valence-electron chi connectivity index (χ2n) is 7.57. The smallest absolute Gasteiger partial charge is 0.261 e. The summed E-state index contributed by atoms with van der Waals surface area (Å²) in [4.78, 5) is 9.06. The van der Waals surface area contributed by atoms with Crippen molar-refractivity contribution in [2.45, 2.75) is 45.1 Å². The Morgan fingerprint density at radius 3 is 2.78 bits per heavy atom. The monoisotopic (exact) mass is 490 g/mol. The molecule has 2 aromatic heterocycles. The number of halogens is 1. The highest BCUT2D eigenvalue weighted by atomic mass is 35.5. The summed E-state index contributed by atoms with van der Waals surface area (Å²) in [6, 6.07) is 6.14. The number of anilines is 2. The average molecular weight is 491 g/mol. The molecular formula is C21H23ClN6O2S2. The van der Waals surface area contributed by atoms with Gasteiger partial charge in [0.25, 0.3) is 10.0 Å². The fourth-order valence-corrected chi connectivity index (χ4v) is 5.67. The van der Waals surface area contributed by atoms with Crippen molar-refractivity contribution in [1.29, 1.82) is 0 Å². The van der Waals surface area contributed by atoms with Gasteiger partial charge in [0.15, 0.2) is 0 Å². The SMILES string of the molecule is C=C/C(Cl)=C(\C)S(=O)(=O)Nc1nnc(-c2ccc3nc(NC4CCCCC4)ncc3c2)s1. The van der Waals surface area contributed by atoms with Gasteiger partial charge in [-0.25, -0.2) is 18.4 Å². The molecule has 11 heteroatoms. The van der Waals surface area contributed by atoms with Gasteiger partial charge in [-0.05, 0) is 44.0 Å². The third kappa shape index (κ3) is 5.08. The summed E-state index contributed by atoms with van der Waals surface area (Å²) in [6.45, 7) is 4.88. The molecule has 168 valence electrons. The molecule has 0 radical (unpaired) electrons. The van der Waals surface area contributed by atoms with Crippen LogP contribution in [-0.4, -0.2) is 34.6 Å². The zero-order valence-electron chi connectivity index (χ0n) is 17.5. The molecule has 1 fully saturated rings. The lowest BCUT2D eigenvalue weighted by atomic mass is 9.96. The highest BCUT2D eigenvalue weighted by Gasteiger charge is 2.19. The van der Waals surface area contributed by atoms with Crippen LogP contribution in [0.15, 0.2) is 47.0 Å². The first-order valence-electron chi connectivity index (χ1n) is 10.2. The van der Waals surface area contributed by atoms with Gasteiger partial charge in [-0.15, -0.1) is 10.2 Å². The quantitative estimate of drug-likeness (QED) is 0.433. The summed E-state index contributed by atoms with van der Waals surface area (Å²) in [5.74, 6) is 0.645. The van der Waals surface area contributed by atoms with Crippen LogP contribution in [0.3, 0.4) is 0 Å². The van der Waals surface area contributed by atoms with Gasteiger partial charge in [0.2, 0.25) is 11.1 Å². The highest BCUT2D eigenvalue weighted by molar-refractivity contribution is 7.96. The zero-order chi connectivity index (χ0) is 22.7. The summed E-state index contributed by atoms with van der Waals surface area (Å²) in [5, 5.41) is 13.1. The maximum absolute atomic E-state index is 12.4. The number of hydrogen-bond donors (Lipinski definition) is 2. The molecule has 0 atom stereocenters. The molecule has 0 amide bonds. The number of rotatable bonds is 7. The third-order valence-corrected chi connectivity index (χ3v) is 8.39. The Morgan fingerprint density at radius 1 is 1.25 bits per heavy atom. The van der Waals surface area contributed by atoms with Gasteiger partial charge >= 0.3 is 0 Å². The molecule has 1 saturated carbocycles. The molecule has 0 aliphatic heterocycles. The molecule has 1 aliphatic carbocycles. The van der Waals surface area contributed by atoms with E-state index in [-0.39, 0.29) is 15.1 Å². The molecule has 2 heterocycles. The Balaban J connectivity index is 1.52. The third-order valence-electron chi connectivity index (χ3n) is 5.33. The first-order valence-corrected chi connectivity index (χ1v) is 12.9. The summed E-state index contributed by atoms with van der Waals surface area (Å²) in [5.41, 5.74) is 1.63. The van der Waals surface area contributed by atoms with E-state index in [2.05, 4.69) is 36.8 Å². The molecule has 0 spiro atoms. The number of nitrogens with zero attached hydrogens (tertiary/aromatic N) is 4. The van der Waals surface area contributed by atoms with Crippen molar-refractivity contribution >= 4 is 54.9 Å². The van der Waals surface area contributed by atoms with E-state index in [1.54, 1.807) is 6.20 Å². The van der Waals surface area contributed by atoms with Crippen LogP contribution in [0, 0.1) is 0 Å². The minimum atomic E-state index is -3.84. The summed E-state index contributed by atoms with van der Waals surface area (Å²) in [6.07, 6.45) is 9.14. The molecule has 0 unspecified atom stereocenters. The minimum Gasteiger partial charge on any atom is -0.351 e. The number of allylic oxidation sites excluding steroid dienone is 3. The average Bonchev–Trinajstić information content (AvgIpc) is 3.26. The molecule has 4 rings (SSSR count). The van der Waals surface area contributed by atoms with Crippen LogP contribution in [0.2, 0.25) is 0 Å². The van der Waals surface area contributed by atoms with Crippen molar-refractivity contribution in [1.82, 2.24) is 20.2 Å². The van der Waals surface area contributed by atoms with E-state index < -0.39 is 10.0 Å². The molecule has 3 aromatic rings. The standard InChI is InChI=1S/C21H23ClN6O2S2/c1-3-17(22)13(2)32(29,30)28-21-27-26-19(31-21)14-9-10-18-15(11-14)12-23-20(25-18)24-16-7-5-4-6-8-16/h3,9-12,16H,1,4-8H2,2H3,(H,27,28)(H,23,24,25)/b17-13-. The van der Waals surface area contributed by atoms with Gasteiger partial charge in [-0.1, -0.05) is 48.8 Å². The molecule has 2 N–H and O–H groups in total. The van der Waals surface area contributed by atoms with Gasteiger partial charge in [0, 0.05) is 23.2 Å². The molecule has 1 aliphatic rings. The second-order valence-corrected chi connectivity index (χ2v) is 10.8. The number of aromatic nitrogens is 4. The van der Waals surface area contributed by atoms with Gasteiger partial charge in [-0.3, -0.25) is 4.72 Å². The van der Waals surface area contributed by atoms with E-state index in [1.807, 2.05) is 18.2 Å². The normalized spacial score (nSPS) is 15.9. The van der Waals surface area contributed by atoms with Crippen LogP contribution < -0.4 is 10.0 Å². The van der Waals surface area contributed by atoms with E-state index in [0.717, 1.165) is 40.6 Å². The summed E-state index contributed by atoms with van der Waals surface area (Å²) >= 11 is 7.01. The lowest BCUT2D eigenvalue weighted by Crippen LogP contribution is -2.23. The molecule has 0 bridgehead atoms. The number of fused-ring (bicyclic) bond motifs is 1. The van der Waals surface area contributed by atoms with Crippen LogP contribution in [0.1, 0.15) is 39.0 Å². The van der Waals surface area contributed by atoms with Crippen molar-refractivity contribution in [2.24, 2.45) is 0 Å². The molecular weight excluding hydrogens is 468 g/mol. The van der Waals surface area contributed by atoms with Crippen molar-refractivity contribution in [3.8, 4) is 10.6 Å². The maximum atomic E-state index is 12.4. The first-order chi connectivity index (χ1) is 15.4. The number of nitrogens with one attached hydrogen (secondary N) is 2. The van der Waals surface area contributed by atoms with E-state index in [1.165, 1.54) is 32.3 Å². The minimum absolute atomic E-state index is 0.0357. The Hall–Kier alpha value is -2.56. The fraction of sp³-hybridized carbons (Fsp3) is 0.333. The first kappa shape index (κ1) is 22.6. The Morgan fingerprint density at radius 2 is 2.03 bits per heavy atom. The zero-order valence-corrected chi connectivity index (χ0v) is 19.9. The molecule has 1 aromatic carbocycles. The van der Waals surface area contributed by atoms with Crippen molar-refractivity contribution < 1.29 is 8.42 Å². The Bertz CT molecular complexity index is 1280. The van der Waals surface area contributed by atoms with Crippen molar-refractivity contribution in [3.63, 3.8) is 0 Å². The van der Waals surface area contributed by atoms with E-state index in [0.29, 0.717) is 17.0 Å². The van der Waals surface area contributed by atoms with Crippen LogP contribution in [-0.2, 0) is 10.0 Å². The molecule has 32 heavy (non-hydrogen) atoms. The van der Waals surface area contributed by atoms with Gasteiger partial charge < -0.3 is 5.32 Å². The van der Waals surface area contributed by atoms with Crippen LogP contribution in [0.25, 0.3) is 21.5 Å². The predicted octanol–water partition coefficient (Wildman–Crippen LogP) is 5.29. The largest absolute Gasteiger partial charge is 0.351 e. The number of sulfonamides is 1. The van der Waals surface area contributed by atoms with Gasteiger partial charge in [0.05, 0.1) is 15.5 Å². The Kier molecular flexibility index (Phi) is 6.73. The summed E-state index contributed by atoms with van der Waals surface area (Å²) < 4.78 is 27.2. The van der Waals surface area contributed by atoms with Crippen molar-refractivity contribution in [3.05, 3.63) is 47.0 Å². The highest BCUT2D eigenvalue weighted by Crippen LogP contribution is 2.30. The number of hydrogen-bond acceptors (Lipinski definition) is 8. The molecule has 8 nitrogen and oxygen atoms in total. The second kappa shape index (κ2) is 9.51. The fourth-order valence-electron chi connectivity index (χ4n) is 3.51. The Labute approximate surface area is 195 Å². The van der Waals surface area contributed by atoms with Gasteiger partial charge in [-0.2, -0.15) is 0 Å². The van der Waals surface area contributed by atoms with Gasteiger partial charge in [0.1, 0.15) is 5.01 Å². The summed E-state index contributed by atoms with van der Waals surface area (Å²) in [7, 11) is -3.84. The van der Waals surface area contributed by atoms with E-state index >= 15 is 0 Å². The topological polar surface area (TPSA) is 110 Å². The predicted molar refractivity (Wildman–Crippen MR) is 130 cm³/mol. The van der Waals surface area contributed by atoms with Crippen molar-refractivity contribution in [2.75, 3.05) is 10.0 Å². The lowest BCUT2D eigenvalue weighted by molar-refractivity contribution is 0.461. The van der Waals surface area contributed by atoms with Crippen LogP contribution in [0.5, 0.6) is 0 Å². The maximum Gasteiger partial charge on any atom is 0.261 e. The van der Waals surface area contributed by atoms with Crippen LogP contribution >= 0.6 is 22.9 Å². The number of benzene rings is 1. The van der Waals surface area contributed by atoms with Crippen LogP contribution in [0.4, 0.5) is 11.1 Å². The lowest BCUT2D eigenvalue weighted by Gasteiger charge is -2.22.